The Morgan fingerprint density at radius 1 is 1.32 bits per heavy atom. The molecule has 2 aromatic heterocycles. The third-order valence-electron chi connectivity index (χ3n) is 5.42. The summed E-state index contributed by atoms with van der Waals surface area (Å²) in [6, 6.07) is 0. The number of nitrogens with one attached hydrogen (secondary N) is 1. The fourth-order valence-corrected chi connectivity index (χ4v) is 4.94. The molecule has 1 aliphatic carbocycles. The molecule has 3 heterocycles. The molecule has 1 N–H and O–H groups in total. The van der Waals surface area contributed by atoms with E-state index < -0.39 is 0 Å². The zero-order chi connectivity index (χ0) is 19.6. The molecule has 7 nitrogen and oxygen atoms in total. The molecule has 8 heteroatoms. The van der Waals surface area contributed by atoms with Crippen molar-refractivity contribution in [2.45, 2.75) is 63.6 Å². The highest BCUT2D eigenvalue weighted by atomic mass is 32.1. The second kappa shape index (κ2) is 7.84. The molecule has 28 heavy (non-hydrogen) atoms. The van der Waals surface area contributed by atoms with Crippen LogP contribution in [0.4, 0.5) is 0 Å². The van der Waals surface area contributed by atoms with Gasteiger partial charge in [0.15, 0.2) is 5.66 Å². The average Bonchev–Trinajstić information content (AvgIpc) is 3.36. The van der Waals surface area contributed by atoms with Crippen molar-refractivity contribution in [3.8, 4) is 12.3 Å². The lowest BCUT2D eigenvalue weighted by atomic mass is 9.97. The number of amides is 1. The van der Waals surface area contributed by atoms with Gasteiger partial charge in [0.2, 0.25) is 5.91 Å². The number of carbonyl (C=O) groups excluding carboxylic acids is 1. The maximum Gasteiger partial charge on any atom is 0.262 e. The van der Waals surface area contributed by atoms with Crippen molar-refractivity contribution in [2.75, 3.05) is 6.54 Å². The lowest BCUT2D eigenvalue weighted by Crippen LogP contribution is -2.30. The van der Waals surface area contributed by atoms with E-state index in [1.807, 2.05) is 0 Å². The summed E-state index contributed by atoms with van der Waals surface area (Å²) < 4.78 is 1.56. The van der Waals surface area contributed by atoms with Crippen molar-refractivity contribution in [3.05, 3.63) is 27.1 Å². The van der Waals surface area contributed by atoms with Gasteiger partial charge in [-0.15, -0.1) is 23.7 Å². The Bertz CT molecular complexity index is 1020. The SMILES string of the molecule is C#CCCC1(CCNC(=O)CCn2cnc3sc4c(c3c2=O)CCCC4)N=N1. The first-order valence-corrected chi connectivity index (χ1v) is 10.6. The quantitative estimate of drug-likeness (QED) is 0.695. The van der Waals surface area contributed by atoms with Crippen LogP contribution in [-0.4, -0.2) is 27.7 Å². The van der Waals surface area contributed by atoms with Crippen LogP contribution in [-0.2, 0) is 24.2 Å². The number of hydrogen-bond acceptors (Lipinski definition) is 6. The molecule has 0 bridgehead atoms. The topological polar surface area (TPSA) is 88.7 Å². The summed E-state index contributed by atoms with van der Waals surface area (Å²) >= 11 is 1.64. The molecule has 1 amide bonds. The van der Waals surface area contributed by atoms with Gasteiger partial charge in [0.1, 0.15) is 4.83 Å². The van der Waals surface area contributed by atoms with Crippen LogP contribution in [0.25, 0.3) is 10.2 Å². The Morgan fingerprint density at radius 2 is 2.14 bits per heavy atom. The van der Waals surface area contributed by atoms with Crippen LogP contribution >= 0.6 is 11.3 Å². The molecule has 4 rings (SSSR count). The molecule has 0 atom stereocenters. The average molecular weight is 398 g/mol. The molecule has 0 unspecified atom stereocenters. The molecule has 0 spiro atoms. The van der Waals surface area contributed by atoms with Crippen molar-refractivity contribution < 1.29 is 4.79 Å². The molecule has 1 aliphatic heterocycles. The van der Waals surface area contributed by atoms with Gasteiger partial charge in [-0.1, -0.05) is 0 Å². The van der Waals surface area contributed by atoms with E-state index in [0.29, 0.717) is 25.9 Å². The first kappa shape index (κ1) is 18.8. The fourth-order valence-electron chi connectivity index (χ4n) is 3.72. The maximum absolute atomic E-state index is 12.9. The van der Waals surface area contributed by atoms with E-state index in [1.54, 1.807) is 22.2 Å². The van der Waals surface area contributed by atoms with Crippen molar-refractivity contribution >= 4 is 27.5 Å². The molecule has 0 fully saturated rings. The third-order valence-corrected chi connectivity index (χ3v) is 6.62. The zero-order valence-electron chi connectivity index (χ0n) is 15.7. The van der Waals surface area contributed by atoms with Gasteiger partial charge in [0, 0.05) is 43.6 Å². The first-order chi connectivity index (χ1) is 13.6. The number of carbonyl (C=O) groups is 1. The van der Waals surface area contributed by atoms with Crippen molar-refractivity contribution in [1.82, 2.24) is 14.9 Å². The lowest BCUT2D eigenvalue weighted by molar-refractivity contribution is -0.121. The Morgan fingerprint density at radius 3 is 2.93 bits per heavy atom. The van der Waals surface area contributed by atoms with Crippen LogP contribution in [0.15, 0.2) is 21.4 Å². The second-order valence-electron chi connectivity index (χ2n) is 7.37. The number of terminal acetylenes is 1. The van der Waals surface area contributed by atoms with Gasteiger partial charge in [-0.2, -0.15) is 10.2 Å². The van der Waals surface area contributed by atoms with Crippen molar-refractivity contribution in [1.29, 1.82) is 0 Å². The number of rotatable bonds is 8. The van der Waals surface area contributed by atoms with Crippen LogP contribution in [0.1, 0.15) is 49.0 Å². The van der Waals surface area contributed by atoms with Gasteiger partial charge in [-0.05, 0) is 31.2 Å². The molecule has 0 radical (unpaired) electrons. The minimum Gasteiger partial charge on any atom is -0.356 e. The number of aromatic nitrogens is 2. The minimum atomic E-state index is -0.385. The smallest absolute Gasteiger partial charge is 0.262 e. The molecule has 146 valence electrons. The summed E-state index contributed by atoms with van der Waals surface area (Å²) in [4.78, 5) is 31.6. The van der Waals surface area contributed by atoms with E-state index in [1.165, 1.54) is 16.9 Å². The first-order valence-electron chi connectivity index (χ1n) is 9.76. The van der Waals surface area contributed by atoms with Gasteiger partial charge in [0.25, 0.3) is 5.56 Å². The highest BCUT2D eigenvalue weighted by Crippen LogP contribution is 2.36. The van der Waals surface area contributed by atoms with E-state index in [9.17, 15) is 9.59 Å². The standard InChI is InChI=1S/C20H23N5O2S/c1-2-3-9-20(23-24-20)10-11-21-16(26)8-12-25-13-22-18-17(19(25)27)14-6-4-5-7-15(14)28-18/h1,13H,3-12H2,(H,21,26). The van der Waals surface area contributed by atoms with Crippen LogP contribution in [0.2, 0.25) is 0 Å². The largest absolute Gasteiger partial charge is 0.356 e. The summed E-state index contributed by atoms with van der Waals surface area (Å²) in [6.07, 6.45) is 13.4. The van der Waals surface area contributed by atoms with Crippen LogP contribution in [0.5, 0.6) is 0 Å². The molecule has 2 aliphatic rings. The fraction of sp³-hybridized carbons (Fsp3) is 0.550. The summed E-state index contributed by atoms with van der Waals surface area (Å²) in [5.41, 5.74) is 0.765. The van der Waals surface area contributed by atoms with E-state index in [2.05, 4.69) is 26.4 Å². The highest BCUT2D eigenvalue weighted by molar-refractivity contribution is 7.18. The van der Waals surface area contributed by atoms with Crippen LogP contribution in [0, 0.1) is 12.3 Å². The van der Waals surface area contributed by atoms with E-state index in [0.717, 1.165) is 35.9 Å². The Balaban J connectivity index is 1.33. The number of nitrogens with zero attached hydrogens (tertiary/aromatic N) is 4. The number of hydrogen-bond donors (Lipinski definition) is 1. The maximum atomic E-state index is 12.9. The van der Waals surface area contributed by atoms with E-state index in [-0.39, 0.29) is 23.6 Å². The predicted octanol–water partition coefficient (Wildman–Crippen LogP) is 2.81. The molecule has 0 aromatic carbocycles. The Kier molecular flexibility index (Phi) is 5.27. The Hall–Kier alpha value is -2.53. The van der Waals surface area contributed by atoms with Gasteiger partial charge < -0.3 is 5.32 Å². The van der Waals surface area contributed by atoms with E-state index >= 15 is 0 Å². The number of aryl methyl sites for hydroxylation is 3. The van der Waals surface area contributed by atoms with Gasteiger partial charge >= 0.3 is 0 Å². The van der Waals surface area contributed by atoms with E-state index in [4.69, 9.17) is 6.42 Å². The number of thiophene rings is 1. The summed E-state index contributed by atoms with van der Waals surface area (Å²) in [5, 5.41) is 11.8. The number of fused-ring (bicyclic) bond motifs is 3. The van der Waals surface area contributed by atoms with Crippen molar-refractivity contribution in [3.63, 3.8) is 0 Å². The second-order valence-corrected chi connectivity index (χ2v) is 8.45. The lowest BCUT2D eigenvalue weighted by Gasteiger charge is -2.11. The minimum absolute atomic E-state index is 0.0268. The highest BCUT2D eigenvalue weighted by Gasteiger charge is 2.38. The molecule has 2 aromatic rings. The summed E-state index contributed by atoms with van der Waals surface area (Å²) in [5.74, 6) is 2.50. The van der Waals surface area contributed by atoms with Gasteiger partial charge in [0.05, 0.1) is 11.7 Å². The molecular formula is C20H23N5O2S. The monoisotopic (exact) mass is 397 g/mol. The van der Waals surface area contributed by atoms with Crippen molar-refractivity contribution in [2.24, 2.45) is 10.2 Å². The molecule has 0 saturated heterocycles. The summed E-state index contributed by atoms with van der Waals surface area (Å²) in [7, 11) is 0. The zero-order valence-corrected chi connectivity index (χ0v) is 16.6. The predicted molar refractivity (Wildman–Crippen MR) is 108 cm³/mol. The summed E-state index contributed by atoms with van der Waals surface area (Å²) in [6.45, 7) is 0.829. The molecule has 0 saturated carbocycles. The van der Waals surface area contributed by atoms with Gasteiger partial charge in [-0.25, -0.2) is 4.98 Å². The third kappa shape index (κ3) is 3.85. The van der Waals surface area contributed by atoms with Crippen LogP contribution in [0.3, 0.4) is 0 Å². The van der Waals surface area contributed by atoms with Gasteiger partial charge in [-0.3, -0.25) is 14.2 Å². The van der Waals surface area contributed by atoms with Crippen LogP contribution < -0.4 is 10.9 Å². The normalized spacial score (nSPS) is 16.5. The Labute approximate surface area is 167 Å². The molecular weight excluding hydrogens is 374 g/mol.